The largest absolute Gasteiger partial charge is 0.348 e. The van der Waals surface area contributed by atoms with Gasteiger partial charge in [-0.1, -0.05) is 35.9 Å². The van der Waals surface area contributed by atoms with Crippen LogP contribution in [-0.4, -0.2) is 20.9 Å². The Bertz CT molecular complexity index is 1260. The number of benzene rings is 3. The summed E-state index contributed by atoms with van der Waals surface area (Å²) in [7, 11) is -4.08. The van der Waals surface area contributed by atoms with Crippen LogP contribution in [0.25, 0.3) is 0 Å². The summed E-state index contributed by atoms with van der Waals surface area (Å²) in [6.07, 6.45) is 3.27. The smallest absolute Gasteiger partial charge is 0.264 e. The number of anilines is 1. The Hall–Kier alpha value is -3.19. The van der Waals surface area contributed by atoms with Crippen molar-refractivity contribution >= 4 is 21.6 Å². The van der Waals surface area contributed by atoms with Crippen LogP contribution >= 0.6 is 0 Å². The second-order valence-corrected chi connectivity index (χ2v) is 10.3. The molecule has 1 amide bonds. The van der Waals surface area contributed by atoms with Crippen LogP contribution in [0.5, 0.6) is 0 Å². The van der Waals surface area contributed by atoms with Crippen LogP contribution in [0, 0.1) is 12.7 Å². The third-order valence-corrected chi connectivity index (χ3v) is 7.80. The lowest BCUT2D eigenvalue weighted by atomic mass is 10.0. The van der Waals surface area contributed by atoms with E-state index in [-0.39, 0.29) is 10.9 Å². The van der Waals surface area contributed by atoms with Gasteiger partial charge in [-0.3, -0.25) is 9.10 Å². The van der Waals surface area contributed by atoms with E-state index < -0.39 is 28.3 Å². The zero-order chi connectivity index (χ0) is 23.6. The molecule has 3 aromatic carbocycles. The fraction of sp³-hybridized carbons (Fsp3) is 0.269. The topological polar surface area (TPSA) is 66.5 Å². The molecule has 0 spiro atoms. The fourth-order valence-electron chi connectivity index (χ4n) is 4.12. The fourth-order valence-corrected chi connectivity index (χ4v) is 5.54. The molecule has 1 atom stereocenters. The van der Waals surface area contributed by atoms with Crippen LogP contribution in [0.3, 0.4) is 0 Å². The first-order valence-corrected chi connectivity index (χ1v) is 12.4. The number of sulfonamides is 1. The van der Waals surface area contributed by atoms with E-state index in [0.29, 0.717) is 5.69 Å². The quantitative estimate of drug-likeness (QED) is 0.549. The molecule has 7 heteroatoms. The number of rotatable bonds is 7. The molecule has 3 aromatic rings. The highest BCUT2D eigenvalue weighted by molar-refractivity contribution is 7.92. The molecule has 0 radical (unpaired) electrons. The third-order valence-electron chi connectivity index (χ3n) is 6.01. The van der Waals surface area contributed by atoms with Crippen molar-refractivity contribution in [2.75, 3.05) is 10.8 Å². The van der Waals surface area contributed by atoms with Crippen molar-refractivity contribution in [1.29, 1.82) is 0 Å². The molecule has 5 nitrogen and oxygen atoms in total. The van der Waals surface area contributed by atoms with Crippen LogP contribution in [0.4, 0.5) is 10.1 Å². The molecule has 0 unspecified atom stereocenters. The normalized spacial score (nSPS) is 13.9. The SMILES string of the molecule is Cc1ccc(N(CC(=O)N[C@@H](C)c2ccc3c(c2)CCC3)S(=O)(=O)c2ccc(F)cc2)cc1. The maximum Gasteiger partial charge on any atom is 0.264 e. The van der Waals surface area contributed by atoms with Gasteiger partial charge in [0.2, 0.25) is 5.91 Å². The Kier molecular flexibility index (Phi) is 6.51. The second-order valence-electron chi connectivity index (χ2n) is 8.47. The minimum absolute atomic E-state index is 0.0797. The van der Waals surface area contributed by atoms with E-state index in [9.17, 15) is 17.6 Å². The van der Waals surface area contributed by atoms with Crippen LogP contribution in [0.15, 0.2) is 71.6 Å². The van der Waals surface area contributed by atoms with Crippen LogP contribution in [-0.2, 0) is 27.7 Å². The van der Waals surface area contributed by atoms with Gasteiger partial charge in [0.15, 0.2) is 0 Å². The van der Waals surface area contributed by atoms with Gasteiger partial charge in [0.1, 0.15) is 12.4 Å². The molecule has 0 saturated carbocycles. The first-order valence-electron chi connectivity index (χ1n) is 11.0. The predicted molar refractivity (Wildman–Crippen MR) is 127 cm³/mol. The van der Waals surface area contributed by atoms with Gasteiger partial charge in [-0.05, 0) is 86.2 Å². The summed E-state index contributed by atoms with van der Waals surface area (Å²) in [5.74, 6) is -0.953. The van der Waals surface area contributed by atoms with Gasteiger partial charge >= 0.3 is 0 Å². The van der Waals surface area contributed by atoms with Gasteiger partial charge < -0.3 is 5.32 Å². The number of hydrogen-bond acceptors (Lipinski definition) is 3. The third kappa shape index (κ3) is 5.09. The van der Waals surface area contributed by atoms with Crippen molar-refractivity contribution < 1.29 is 17.6 Å². The van der Waals surface area contributed by atoms with Crippen LogP contribution < -0.4 is 9.62 Å². The number of nitrogens with one attached hydrogen (secondary N) is 1. The summed E-state index contributed by atoms with van der Waals surface area (Å²) in [6, 6.07) is 17.5. The maximum atomic E-state index is 13.4. The van der Waals surface area contributed by atoms with Crippen molar-refractivity contribution in [3.8, 4) is 0 Å². The standard InChI is InChI=1S/C26H27FN2O3S/c1-18-6-12-24(13-7-18)29(33(31,32)25-14-10-23(27)11-15-25)17-26(30)28-19(2)21-9-8-20-4-3-5-22(20)16-21/h6-16,19H,3-5,17H2,1-2H3,(H,28,30)/t19-/m0/s1. The van der Waals surface area contributed by atoms with E-state index in [0.717, 1.165) is 46.8 Å². The maximum absolute atomic E-state index is 13.4. The van der Waals surface area contributed by atoms with E-state index in [1.54, 1.807) is 24.3 Å². The lowest BCUT2D eigenvalue weighted by Gasteiger charge is -2.25. The molecule has 1 N–H and O–H groups in total. The van der Waals surface area contributed by atoms with E-state index in [1.807, 2.05) is 19.9 Å². The monoisotopic (exact) mass is 466 g/mol. The van der Waals surface area contributed by atoms with Gasteiger partial charge in [0.25, 0.3) is 10.0 Å². The molecule has 0 aromatic heterocycles. The summed E-state index contributed by atoms with van der Waals surface area (Å²) in [5, 5.41) is 2.93. The highest BCUT2D eigenvalue weighted by atomic mass is 32.2. The summed E-state index contributed by atoms with van der Waals surface area (Å²) in [6.45, 7) is 3.39. The number of aryl methyl sites for hydroxylation is 3. The summed E-state index contributed by atoms with van der Waals surface area (Å²) >= 11 is 0. The number of fused-ring (bicyclic) bond motifs is 1. The van der Waals surface area contributed by atoms with E-state index >= 15 is 0 Å². The van der Waals surface area contributed by atoms with Crippen molar-refractivity contribution in [2.24, 2.45) is 0 Å². The lowest BCUT2D eigenvalue weighted by Crippen LogP contribution is -2.41. The van der Waals surface area contributed by atoms with Crippen molar-refractivity contribution in [3.63, 3.8) is 0 Å². The number of carbonyl (C=O) groups excluding carboxylic acids is 1. The molecule has 33 heavy (non-hydrogen) atoms. The summed E-state index contributed by atoms with van der Waals surface area (Å²) in [4.78, 5) is 12.9. The molecule has 172 valence electrons. The Morgan fingerprint density at radius 3 is 2.36 bits per heavy atom. The Morgan fingerprint density at radius 2 is 1.67 bits per heavy atom. The van der Waals surface area contributed by atoms with Gasteiger partial charge in [-0.25, -0.2) is 12.8 Å². The second kappa shape index (κ2) is 9.35. The average Bonchev–Trinajstić information content (AvgIpc) is 3.26. The van der Waals surface area contributed by atoms with Crippen LogP contribution in [0.2, 0.25) is 0 Å². The summed E-state index contributed by atoms with van der Waals surface area (Å²) in [5.41, 5.74) is 4.99. The zero-order valence-corrected chi connectivity index (χ0v) is 19.5. The molecule has 0 fully saturated rings. The highest BCUT2D eigenvalue weighted by Crippen LogP contribution is 2.26. The molecule has 1 aliphatic rings. The number of halogens is 1. The van der Waals surface area contributed by atoms with Crippen molar-refractivity contribution in [3.05, 3.63) is 94.8 Å². The molecule has 1 aliphatic carbocycles. The Morgan fingerprint density at radius 1 is 1.00 bits per heavy atom. The van der Waals surface area contributed by atoms with E-state index in [4.69, 9.17) is 0 Å². The lowest BCUT2D eigenvalue weighted by molar-refractivity contribution is -0.120. The number of hydrogen-bond donors (Lipinski definition) is 1. The van der Waals surface area contributed by atoms with Gasteiger partial charge in [-0.2, -0.15) is 0 Å². The Balaban J connectivity index is 1.57. The molecule has 0 heterocycles. The number of amides is 1. The first-order chi connectivity index (χ1) is 15.7. The molecule has 0 saturated heterocycles. The molecular weight excluding hydrogens is 439 g/mol. The molecule has 0 bridgehead atoms. The molecule has 0 aliphatic heterocycles. The first kappa shape index (κ1) is 23.0. The van der Waals surface area contributed by atoms with E-state index in [2.05, 4.69) is 17.4 Å². The van der Waals surface area contributed by atoms with E-state index in [1.165, 1.54) is 23.3 Å². The number of nitrogens with zero attached hydrogens (tertiary/aromatic N) is 1. The van der Waals surface area contributed by atoms with Gasteiger partial charge in [-0.15, -0.1) is 0 Å². The number of carbonyl (C=O) groups is 1. The predicted octanol–water partition coefficient (Wildman–Crippen LogP) is 4.70. The van der Waals surface area contributed by atoms with Crippen molar-refractivity contribution in [2.45, 2.75) is 44.0 Å². The molecular formula is C26H27FN2O3S. The highest BCUT2D eigenvalue weighted by Gasteiger charge is 2.28. The van der Waals surface area contributed by atoms with Gasteiger partial charge in [0.05, 0.1) is 16.6 Å². The zero-order valence-electron chi connectivity index (χ0n) is 18.7. The summed E-state index contributed by atoms with van der Waals surface area (Å²) < 4.78 is 41.2. The average molecular weight is 467 g/mol. The van der Waals surface area contributed by atoms with Gasteiger partial charge in [0, 0.05) is 0 Å². The Labute approximate surface area is 194 Å². The molecule has 4 rings (SSSR count). The van der Waals surface area contributed by atoms with Crippen molar-refractivity contribution in [1.82, 2.24) is 5.32 Å². The minimum Gasteiger partial charge on any atom is -0.348 e. The minimum atomic E-state index is -4.08. The van der Waals surface area contributed by atoms with Crippen LogP contribution in [0.1, 0.15) is 41.6 Å².